The second-order valence-electron chi connectivity index (χ2n) is 5.67. The largest absolute Gasteiger partial charge is 0.338 e. The van der Waals surface area contributed by atoms with Crippen LogP contribution in [0.2, 0.25) is 0 Å². The molecule has 0 aromatic heterocycles. The van der Waals surface area contributed by atoms with E-state index in [-0.39, 0.29) is 5.91 Å². The highest BCUT2D eigenvalue weighted by Gasteiger charge is 2.21. The molecule has 0 radical (unpaired) electrons. The number of likely N-dealkylation sites (tertiary alicyclic amines) is 1. The quantitative estimate of drug-likeness (QED) is 0.845. The highest BCUT2D eigenvalue weighted by atomic mass is 16.2. The van der Waals surface area contributed by atoms with Gasteiger partial charge in [0.1, 0.15) is 0 Å². The third kappa shape index (κ3) is 3.39. The van der Waals surface area contributed by atoms with Crippen LogP contribution < -0.4 is 0 Å². The SMILES string of the molecule is CCC1CCC(=O)N(Cc2ccc(C#N)cc2C)CC1. The van der Waals surface area contributed by atoms with E-state index in [9.17, 15) is 4.79 Å². The van der Waals surface area contributed by atoms with Gasteiger partial charge in [0, 0.05) is 19.5 Å². The summed E-state index contributed by atoms with van der Waals surface area (Å²) >= 11 is 0. The van der Waals surface area contributed by atoms with Gasteiger partial charge in [0.25, 0.3) is 0 Å². The van der Waals surface area contributed by atoms with E-state index >= 15 is 0 Å². The number of hydrogen-bond acceptors (Lipinski definition) is 2. The third-order valence-corrected chi connectivity index (χ3v) is 4.34. The summed E-state index contributed by atoms with van der Waals surface area (Å²) in [6.45, 7) is 5.74. The molecule has 1 aliphatic heterocycles. The molecule has 0 aliphatic carbocycles. The van der Waals surface area contributed by atoms with Crippen molar-refractivity contribution in [2.45, 2.75) is 46.1 Å². The van der Waals surface area contributed by atoms with E-state index in [1.54, 1.807) is 0 Å². The van der Waals surface area contributed by atoms with Crippen molar-refractivity contribution in [3.8, 4) is 6.07 Å². The Labute approximate surface area is 121 Å². The van der Waals surface area contributed by atoms with Crippen LogP contribution in [0, 0.1) is 24.2 Å². The van der Waals surface area contributed by atoms with Gasteiger partial charge < -0.3 is 4.90 Å². The molecule has 1 aromatic carbocycles. The Balaban J connectivity index is 2.09. The van der Waals surface area contributed by atoms with Gasteiger partial charge in [-0.1, -0.05) is 19.4 Å². The van der Waals surface area contributed by atoms with Crippen LogP contribution in [0.25, 0.3) is 0 Å². The van der Waals surface area contributed by atoms with Gasteiger partial charge in [-0.05, 0) is 48.9 Å². The zero-order valence-corrected chi connectivity index (χ0v) is 12.4. The number of rotatable bonds is 3. The highest BCUT2D eigenvalue weighted by molar-refractivity contribution is 5.76. The number of carbonyl (C=O) groups is 1. The fourth-order valence-electron chi connectivity index (χ4n) is 2.82. The topological polar surface area (TPSA) is 44.1 Å². The Morgan fingerprint density at radius 2 is 2.20 bits per heavy atom. The Morgan fingerprint density at radius 3 is 2.85 bits per heavy atom. The molecule has 0 N–H and O–H groups in total. The predicted molar refractivity (Wildman–Crippen MR) is 78.9 cm³/mol. The van der Waals surface area contributed by atoms with E-state index in [0.29, 0.717) is 24.4 Å². The number of carbonyl (C=O) groups excluding carboxylic acids is 1. The van der Waals surface area contributed by atoms with Crippen LogP contribution in [0.4, 0.5) is 0 Å². The molecule has 3 heteroatoms. The van der Waals surface area contributed by atoms with Gasteiger partial charge in [0.15, 0.2) is 0 Å². The molecule has 1 aliphatic rings. The number of hydrogen-bond donors (Lipinski definition) is 0. The lowest BCUT2D eigenvalue weighted by atomic mass is 9.98. The number of benzene rings is 1. The molecule has 0 spiro atoms. The molecular weight excluding hydrogens is 248 g/mol. The van der Waals surface area contributed by atoms with E-state index < -0.39 is 0 Å². The third-order valence-electron chi connectivity index (χ3n) is 4.34. The predicted octanol–water partition coefficient (Wildman–Crippen LogP) is 3.41. The molecule has 2 rings (SSSR count). The zero-order chi connectivity index (χ0) is 14.5. The lowest BCUT2D eigenvalue weighted by Crippen LogP contribution is -2.30. The summed E-state index contributed by atoms with van der Waals surface area (Å²) in [5.41, 5.74) is 2.92. The number of aryl methyl sites for hydroxylation is 1. The van der Waals surface area contributed by atoms with Crippen molar-refractivity contribution in [2.24, 2.45) is 5.92 Å². The summed E-state index contributed by atoms with van der Waals surface area (Å²) < 4.78 is 0. The van der Waals surface area contributed by atoms with Crippen molar-refractivity contribution in [1.82, 2.24) is 4.90 Å². The summed E-state index contributed by atoms with van der Waals surface area (Å²) in [6, 6.07) is 7.85. The van der Waals surface area contributed by atoms with Crippen LogP contribution >= 0.6 is 0 Å². The smallest absolute Gasteiger partial charge is 0.222 e. The Hall–Kier alpha value is -1.82. The van der Waals surface area contributed by atoms with E-state index in [1.165, 1.54) is 0 Å². The number of amides is 1. The van der Waals surface area contributed by atoms with Crippen LogP contribution in [0.15, 0.2) is 18.2 Å². The maximum Gasteiger partial charge on any atom is 0.222 e. The minimum atomic E-state index is 0.268. The Bertz CT molecular complexity index is 530. The van der Waals surface area contributed by atoms with Gasteiger partial charge >= 0.3 is 0 Å². The summed E-state index contributed by atoms with van der Waals surface area (Å²) in [6.07, 6.45) is 3.97. The Morgan fingerprint density at radius 1 is 1.40 bits per heavy atom. The molecule has 1 aromatic rings. The average molecular weight is 270 g/mol. The molecular formula is C17H22N2O. The van der Waals surface area contributed by atoms with Crippen LogP contribution in [0.3, 0.4) is 0 Å². The monoisotopic (exact) mass is 270 g/mol. The zero-order valence-electron chi connectivity index (χ0n) is 12.4. The van der Waals surface area contributed by atoms with Crippen LogP contribution in [-0.2, 0) is 11.3 Å². The lowest BCUT2D eigenvalue weighted by molar-refractivity contribution is -0.131. The second-order valence-corrected chi connectivity index (χ2v) is 5.67. The van der Waals surface area contributed by atoms with Crippen LogP contribution in [0.5, 0.6) is 0 Å². The highest BCUT2D eigenvalue weighted by Crippen LogP contribution is 2.23. The maximum absolute atomic E-state index is 12.2. The normalized spacial score (nSPS) is 19.6. The molecule has 1 atom stereocenters. The van der Waals surface area contributed by atoms with Gasteiger partial charge in [0.05, 0.1) is 11.6 Å². The molecule has 1 unspecified atom stereocenters. The summed E-state index contributed by atoms with van der Waals surface area (Å²) in [5.74, 6) is 0.954. The number of nitriles is 1. The maximum atomic E-state index is 12.2. The fourth-order valence-corrected chi connectivity index (χ4v) is 2.82. The first-order valence-electron chi connectivity index (χ1n) is 7.41. The molecule has 1 saturated heterocycles. The van der Waals surface area contributed by atoms with Crippen molar-refractivity contribution in [3.05, 3.63) is 34.9 Å². The Kier molecular flexibility index (Phi) is 4.79. The van der Waals surface area contributed by atoms with Crippen molar-refractivity contribution in [2.75, 3.05) is 6.54 Å². The fraction of sp³-hybridized carbons (Fsp3) is 0.529. The minimum absolute atomic E-state index is 0.268. The van der Waals surface area contributed by atoms with Crippen LogP contribution in [0.1, 0.15) is 49.3 Å². The van der Waals surface area contributed by atoms with Gasteiger partial charge in [-0.2, -0.15) is 5.26 Å². The average Bonchev–Trinajstić information content (AvgIpc) is 2.63. The van der Waals surface area contributed by atoms with E-state index in [2.05, 4.69) is 13.0 Å². The second kappa shape index (κ2) is 6.56. The van der Waals surface area contributed by atoms with Crippen LogP contribution in [-0.4, -0.2) is 17.4 Å². The first-order valence-corrected chi connectivity index (χ1v) is 7.41. The molecule has 1 amide bonds. The van der Waals surface area contributed by atoms with Crippen molar-refractivity contribution < 1.29 is 4.79 Å². The first kappa shape index (κ1) is 14.6. The van der Waals surface area contributed by atoms with Crippen molar-refractivity contribution in [1.29, 1.82) is 5.26 Å². The molecule has 3 nitrogen and oxygen atoms in total. The van der Waals surface area contributed by atoms with Crippen molar-refractivity contribution in [3.63, 3.8) is 0 Å². The first-order chi connectivity index (χ1) is 9.63. The minimum Gasteiger partial charge on any atom is -0.338 e. The standard InChI is InChI=1S/C17H22N2O/c1-3-14-5-7-17(20)19(9-8-14)12-16-6-4-15(11-18)10-13(16)2/h4,6,10,14H,3,5,7-9,12H2,1-2H3. The summed E-state index contributed by atoms with van der Waals surface area (Å²) in [7, 11) is 0. The van der Waals surface area contributed by atoms with E-state index in [1.807, 2.05) is 30.0 Å². The molecule has 20 heavy (non-hydrogen) atoms. The van der Waals surface area contributed by atoms with Gasteiger partial charge in [0.2, 0.25) is 5.91 Å². The van der Waals surface area contributed by atoms with Gasteiger partial charge in [-0.25, -0.2) is 0 Å². The lowest BCUT2D eigenvalue weighted by Gasteiger charge is -2.22. The van der Waals surface area contributed by atoms with E-state index in [0.717, 1.165) is 36.9 Å². The molecule has 1 fully saturated rings. The summed E-state index contributed by atoms with van der Waals surface area (Å²) in [5, 5.41) is 8.90. The summed E-state index contributed by atoms with van der Waals surface area (Å²) in [4.78, 5) is 14.2. The number of nitrogens with zero attached hydrogens (tertiary/aromatic N) is 2. The molecule has 106 valence electrons. The molecule has 0 bridgehead atoms. The van der Waals surface area contributed by atoms with E-state index in [4.69, 9.17) is 5.26 Å². The van der Waals surface area contributed by atoms with Gasteiger partial charge in [-0.3, -0.25) is 4.79 Å². The molecule has 1 heterocycles. The van der Waals surface area contributed by atoms with Crippen molar-refractivity contribution >= 4 is 5.91 Å². The van der Waals surface area contributed by atoms with Gasteiger partial charge in [-0.15, -0.1) is 0 Å². The molecule has 0 saturated carbocycles.